The van der Waals surface area contributed by atoms with Gasteiger partial charge < -0.3 is 14.5 Å². The summed E-state index contributed by atoms with van der Waals surface area (Å²) in [6.07, 6.45) is 2.67. The third-order valence-electron chi connectivity index (χ3n) is 4.12. The van der Waals surface area contributed by atoms with Crippen molar-refractivity contribution in [2.75, 3.05) is 14.2 Å². The van der Waals surface area contributed by atoms with Crippen LogP contribution in [0.15, 0.2) is 12.1 Å². The highest BCUT2D eigenvalue weighted by Crippen LogP contribution is 2.31. The molecule has 1 N–H and O–H groups in total. The fourth-order valence-corrected chi connectivity index (χ4v) is 2.57. The molecule has 4 nitrogen and oxygen atoms in total. The number of nitrogens with zero attached hydrogens (tertiary/aromatic N) is 1. The quantitative estimate of drug-likeness (QED) is 0.837. The van der Waals surface area contributed by atoms with Gasteiger partial charge in [0.15, 0.2) is 11.6 Å². The lowest BCUT2D eigenvalue weighted by Crippen LogP contribution is -2.06. The molecular formula is C18H25FN2O2. The van der Waals surface area contributed by atoms with Gasteiger partial charge in [0.2, 0.25) is 0 Å². The van der Waals surface area contributed by atoms with Crippen molar-refractivity contribution in [3.63, 3.8) is 0 Å². The van der Waals surface area contributed by atoms with Crippen molar-refractivity contribution in [2.45, 2.75) is 46.1 Å². The summed E-state index contributed by atoms with van der Waals surface area (Å²) in [4.78, 5) is 8.02. The van der Waals surface area contributed by atoms with E-state index in [-0.39, 0.29) is 17.7 Å². The zero-order chi connectivity index (χ0) is 17.0. The molecule has 0 spiro atoms. The lowest BCUT2D eigenvalue weighted by Gasteiger charge is -2.11. The topological polar surface area (TPSA) is 47.1 Å². The molecule has 5 heteroatoms. The van der Waals surface area contributed by atoms with Gasteiger partial charge in [-0.15, -0.1) is 0 Å². The summed E-state index contributed by atoms with van der Waals surface area (Å²) < 4.78 is 24.5. The smallest absolute Gasteiger partial charge is 0.165 e. The van der Waals surface area contributed by atoms with E-state index >= 15 is 0 Å². The number of hydrogen-bond acceptors (Lipinski definition) is 3. The summed E-state index contributed by atoms with van der Waals surface area (Å²) in [6.45, 7) is 6.03. The number of H-pyrrole nitrogens is 1. The molecule has 23 heavy (non-hydrogen) atoms. The Morgan fingerprint density at radius 3 is 2.65 bits per heavy atom. The summed E-state index contributed by atoms with van der Waals surface area (Å²) in [5.41, 5.74) is 3.60. The van der Waals surface area contributed by atoms with Crippen LogP contribution in [0.5, 0.6) is 5.75 Å². The molecule has 1 aromatic heterocycles. The monoisotopic (exact) mass is 320 g/mol. The number of aryl methyl sites for hydroxylation is 3. The van der Waals surface area contributed by atoms with E-state index in [0.29, 0.717) is 0 Å². The summed E-state index contributed by atoms with van der Waals surface area (Å²) in [6, 6.07) is 3.22. The molecule has 0 radical (unpaired) electrons. The Balaban J connectivity index is 2.42. The minimum Gasteiger partial charge on any atom is -0.494 e. The van der Waals surface area contributed by atoms with Gasteiger partial charge in [0.25, 0.3) is 0 Å². The lowest BCUT2D eigenvalue weighted by molar-refractivity contribution is 0.111. The first-order valence-electron chi connectivity index (χ1n) is 7.95. The molecule has 1 aromatic carbocycles. The van der Waals surface area contributed by atoms with E-state index in [2.05, 4.69) is 9.97 Å². The number of methoxy groups -OCH3 is 2. The van der Waals surface area contributed by atoms with Crippen molar-refractivity contribution < 1.29 is 13.9 Å². The summed E-state index contributed by atoms with van der Waals surface area (Å²) >= 11 is 0. The second kappa shape index (κ2) is 7.59. The van der Waals surface area contributed by atoms with Gasteiger partial charge in [-0.1, -0.05) is 6.92 Å². The Bertz CT molecular complexity index is 667. The first-order chi connectivity index (χ1) is 11.0. The SMILES string of the molecule is CCc1nc(-c2cc(F)c(OC)cc2C)c(CCC(C)OC)[nH]1. The van der Waals surface area contributed by atoms with E-state index in [1.165, 1.54) is 13.2 Å². The molecule has 0 saturated heterocycles. The molecule has 126 valence electrons. The number of hydrogen-bond donors (Lipinski definition) is 1. The van der Waals surface area contributed by atoms with Gasteiger partial charge in [-0.05, 0) is 44.4 Å². The predicted molar refractivity (Wildman–Crippen MR) is 89.4 cm³/mol. The molecule has 0 aliphatic heterocycles. The molecule has 1 unspecified atom stereocenters. The van der Waals surface area contributed by atoms with Crippen molar-refractivity contribution >= 4 is 0 Å². The number of nitrogens with one attached hydrogen (secondary N) is 1. The van der Waals surface area contributed by atoms with Crippen LogP contribution in [0.25, 0.3) is 11.3 Å². The molecule has 1 atom stereocenters. The van der Waals surface area contributed by atoms with Gasteiger partial charge in [-0.25, -0.2) is 9.37 Å². The Morgan fingerprint density at radius 1 is 1.30 bits per heavy atom. The van der Waals surface area contributed by atoms with Crippen molar-refractivity contribution in [1.82, 2.24) is 9.97 Å². The van der Waals surface area contributed by atoms with Gasteiger partial charge in [-0.2, -0.15) is 0 Å². The second-order valence-corrected chi connectivity index (χ2v) is 5.75. The van der Waals surface area contributed by atoms with E-state index < -0.39 is 0 Å². The van der Waals surface area contributed by atoms with Crippen LogP contribution >= 0.6 is 0 Å². The van der Waals surface area contributed by atoms with Crippen LogP contribution in [0.1, 0.15) is 37.4 Å². The lowest BCUT2D eigenvalue weighted by atomic mass is 10.0. The molecule has 0 amide bonds. The number of imidazole rings is 1. The van der Waals surface area contributed by atoms with Crippen LogP contribution in [0.4, 0.5) is 4.39 Å². The number of aromatic amines is 1. The fraction of sp³-hybridized carbons (Fsp3) is 0.500. The molecule has 0 saturated carbocycles. The number of halogens is 1. The highest BCUT2D eigenvalue weighted by atomic mass is 19.1. The largest absolute Gasteiger partial charge is 0.494 e. The van der Waals surface area contributed by atoms with E-state index in [1.54, 1.807) is 13.2 Å². The number of rotatable bonds is 7. The van der Waals surface area contributed by atoms with Gasteiger partial charge in [0.1, 0.15) is 5.82 Å². The maximum absolute atomic E-state index is 14.1. The number of ether oxygens (including phenoxy) is 2. The van der Waals surface area contributed by atoms with Gasteiger partial charge in [0.05, 0.1) is 18.9 Å². The maximum atomic E-state index is 14.1. The minimum atomic E-state index is -0.370. The molecule has 0 aliphatic carbocycles. The van der Waals surface area contributed by atoms with Crippen LogP contribution in [0.3, 0.4) is 0 Å². The Hall–Kier alpha value is -1.88. The first-order valence-corrected chi connectivity index (χ1v) is 7.95. The van der Waals surface area contributed by atoms with Crippen molar-refractivity contribution in [1.29, 1.82) is 0 Å². The normalized spacial score (nSPS) is 12.4. The van der Waals surface area contributed by atoms with Crippen LogP contribution in [0, 0.1) is 12.7 Å². The van der Waals surface area contributed by atoms with Gasteiger partial charge in [-0.3, -0.25) is 0 Å². The van der Waals surface area contributed by atoms with Crippen LogP contribution in [0.2, 0.25) is 0 Å². The Kier molecular flexibility index (Phi) is 5.77. The third-order valence-corrected chi connectivity index (χ3v) is 4.12. The third kappa shape index (κ3) is 3.91. The van der Waals surface area contributed by atoms with Crippen LogP contribution in [-0.2, 0) is 17.6 Å². The fourth-order valence-electron chi connectivity index (χ4n) is 2.57. The summed E-state index contributed by atoms with van der Waals surface area (Å²) in [5, 5.41) is 0. The number of aromatic nitrogens is 2. The zero-order valence-electron chi connectivity index (χ0n) is 14.5. The molecule has 0 aliphatic rings. The van der Waals surface area contributed by atoms with Crippen LogP contribution in [-0.4, -0.2) is 30.3 Å². The highest BCUT2D eigenvalue weighted by Gasteiger charge is 2.17. The van der Waals surface area contributed by atoms with Crippen molar-refractivity contribution in [3.05, 3.63) is 35.0 Å². The van der Waals surface area contributed by atoms with Crippen molar-refractivity contribution in [2.24, 2.45) is 0 Å². The molecule has 0 fully saturated rings. The summed E-state index contributed by atoms with van der Waals surface area (Å²) in [7, 11) is 3.18. The second-order valence-electron chi connectivity index (χ2n) is 5.75. The van der Waals surface area contributed by atoms with Crippen LogP contribution < -0.4 is 4.74 Å². The Morgan fingerprint density at radius 2 is 2.04 bits per heavy atom. The predicted octanol–water partition coefficient (Wildman–Crippen LogP) is 4.06. The van der Waals surface area contributed by atoms with E-state index in [1.807, 2.05) is 20.8 Å². The van der Waals surface area contributed by atoms with Crippen molar-refractivity contribution in [3.8, 4) is 17.0 Å². The maximum Gasteiger partial charge on any atom is 0.165 e. The van der Waals surface area contributed by atoms with E-state index in [9.17, 15) is 4.39 Å². The molecule has 1 heterocycles. The molecule has 0 bridgehead atoms. The average molecular weight is 320 g/mol. The average Bonchev–Trinajstić information content (AvgIpc) is 2.97. The van der Waals surface area contributed by atoms with Gasteiger partial charge >= 0.3 is 0 Å². The highest BCUT2D eigenvalue weighted by molar-refractivity contribution is 5.67. The van der Waals surface area contributed by atoms with E-state index in [0.717, 1.165) is 47.6 Å². The molecular weight excluding hydrogens is 295 g/mol. The number of benzene rings is 1. The Labute approximate surface area is 137 Å². The summed E-state index contributed by atoms with van der Waals surface area (Å²) in [5.74, 6) is 0.799. The van der Waals surface area contributed by atoms with Gasteiger partial charge in [0, 0.05) is 24.8 Å². The zero-order valence-corrected chi connectivity index (χ0v) is 14.5. The molecule has 2 aromatic rings. The standard InChI is InChI=1S/C18H25FN2O2/c1-6-17-20-15(8-7-12(3)22-4)18(21-17)13-10-14(19)16(23-5)9-11(13)2/h9-10,12H,6-8H2,1-5H3,(H,20,21). The minimum absolute atomic E-state index is 0.171. The first kappa shape index (κ1) is 17.5. The molecule has 2 rings (SSSR count). The van der Waals surface area contributed by atoms with E-state index in [4.69, 9.17) is 9.47 Å².